The van der Waals surface area contributed by atoms with Gasteiger partial charge in [0.15, 0.2) is 0 Å². The third-order valence-corrected chi connectivity index (χ3v) is 10.1. The van der Waals surface area contributed by atoms with E-state index in [4.69, 9.17) is 29.2 Å². The minimum absolute atomic E-state index is 0.0934. The molecule has 0 radical (unpaired) electrons. The Kier molecular flexibility index (Phi) is 39.9. The average molecular weight is 887 g/mol. The first-order valence-electron chi connectivity index (χ1n) is 23.1. The Labute approximate surface area is 370 Å². The minimum atomic E-state index is -1.07. The fourth-order valence-electron chi connectivity index (χ4n) is 6.33. The van der Waals surface area contributed by atoms with Gasteiger partial charge in [0, 0.05) is 38.2 Å². The van der Waals surface area contributed by atoms with Gasteiger partial charge >= 0.3 is 17.9 Å². The standard InChI is InChI=1S/C45H82N4O13/c1-37(44(55)56)21-19-20-26-47-41(51)35-61-34-32-60-30-28-48-42(52)36-62-33-31-59-29-27-46-38(2)24-25-39(45(57)58)49-40(50)22-17-15-13-11-9-7-5-3-4-6-8-10-12-14-16-18-23-43(53)54/h37,39,46H,2-36H2,1H3,(H,47,51)(H,48,52)(H,49,50)(H,53,54)(H,55,56)(H,57,58)/t37?,39-/m0/s1. The van der Waals surface area contributed by atoms with E-state index < -0.39 is 29.9 Å². The van der Waals surface area contributed by atoms with Crippen LogP contribution in [0.5, 0.6) is 0 Å². The molecular formula is C45H82N4O13. The largest absolute Gasteiger partial charge is 0.481 e. The van der Waals surface area contributed by atoms with Gasteiger partial charge in [0.05, 0.1) is 45.6 Å². The van der Waals surface area contributed by atoms with E-state index >= 15 is 0 Å². The lowest BCUT2D eigenvalue weighted by molar-refractivity contribution is -0.142. The molecule has 0 fully saturated rings. The molecule has 0 rings (SSSR count). The topological polar surface area (TPSA) is 248 Å². The lowest BCUT2D eigenvalue weighted by Crippen LogP contribution is -2.41. The van der Waals surface area contributed by atoms with Crippen molar-refractivity contribution in [3.8, 4) is 0 Å². The number of nitrogens with one attached hydrogen (secondary N) is 4. The summed E-state index contributed by atoms with van der Waals surface area (Å²) in [4.78, 5) is 69.1. The van der Waals surface area contributed by atoms with Gasteiger partial charge in [-0.25, -0.2) is 4.79 Å². The summed E-state index contributed by atoms with van der Waals surface area (Å²) < 4.78 is 21.5. The molecule has 0 bridgehead atoms. The number of amides is 3. The Morgan fingerprint density at radius 1 is 0.452 bits per heavy atom. The summed E-state index contributed by atoms with van der Waals surface area (Å²) in [5, 5.41) is 38.3. The number of hydrogen-bond donors (Lipinski definition) is 7. The summed E-state index contributed by atoms with van der Waals surface area (Å²) in [6.07, 6.45) is 21.3. The smallest absolute Gasteiger partial charge is 0.326 e. The molecule has 0 saturated carbocycles. The van der Waals surface area contributed by atoms with E-state index in [-0.39, 0.29) is 76.8 Å². The Hall–Kier alpha value is -3.80. The fourth-order valence-corrected chi connectivity index (χ4v) is 6.33. The molecule has 1 unspecified atom stereocenters. The Balaban J connectivity index is 3.63. The Bertz CT molecular complexity index is 1210. The summed E-state index contributed by atoms with van der Waals surface area (Å²) in [6, 6.07) is -0.980. The molecule has 0 spiro atoms. The van der Waals surface area contributed by atoms with E-state index in [9.17, 15) is 33.9 Å². The number of allylic oxidation sites excluding steroid dienone is 1. The zero-order chi connectivity index (χ0) is 45.9. The molecule has 7 N–H and O–H groups in total. The molecule has 17 heteroatoms. The molecule has 360 valence electrons. The van der Waals surface area contributed by atoms with Crippen LogP contribution in [0.2, 0.25) is 0 Å². The number of hydrogen-bond acceptors (Lipinski definition) is 11. The van der Waals surface area contributed by atoms with Crippen LogP contribution in [0.3, 0.4) is 0 Å². The van der Waals surface area contributed by atoms with Gasteiger partial charge in [0.25, 0.3) is 0 Å². The van der Waals surface area contributed by atoms with Crippen LogP contribution >= 0.6 is 0 Å². The highest BCUT2D eigenvalue weighted by atomic mass is 16.5. The molecular weight excluding hydrogens is 805 g/mol. The average Bonchev–Trinajstić information content (AvgIpc) is 3.23. The zero-order valence-corrected chi connectivity index (χ0v) is 37.8. The van der Waals surface area contributed by atoms with Crippen molar-refractivity contribution in [1.82, 2.24) is 21.3 Å². The monoisotopic (exact) mass is 887 g/mol. The lowest BCUT2D eigenvalue weighted by atomic mass is 10.0. The van der Waals surface area contributed by atoms with E-state index in [0.717, 1.165) is 51.4 Å². The van der Waals surface area contributed by atoms with Crippen LogP contribution in [0.25, 0.3) is 0 Å². The number of carboxylic acid groups (broad SMARTS) is 3. The number of unbranched alkanes of at least 4 members (excludes halogenated alkanes) is 16. The van der Waals surface area contributed by atoms with Crippen LogP contribution in [-0.4, -0.2) is 129 Å². The van der Waals surface area contributed by atoms with Crippen molar-refractivity contribution in [3.63, 3.8) is 0 Å². The maximum atomic E-state index is 12.4. The van der Waals surface area contributed by atoms with Crippen molar-refractivity contribution in [2.75, 3.05) is 72.5 Å². The summed E-state index contributed by atoms with van der Waals surface area (Å²) in [5.41, 5.74) is 0.647. The number of carbonyl (C=O) groups excluding carboxylic acids is 3. The molecule has 62 heavy (non-hydrogen) atoms. The van der Waals surface area contributed by atoms with Crippen molar-refractivity contribution < 1.29 is 63.0 Å². The molecule has 3 amide bonds. The highest BCUT2D eigenvalue weighted by Gasteiger charge is 2.20. The van der Waals surface area contributed by atoms with Gasteiger partial charge in [-0.2, -0.15) is 0 Å². The molecule has 0 aliphatic heterocycles. The van der Waals surface area contributed by atoms with Crippen molar-refractivity contribution in [2.45, 2.75) is 161 Å². The first kappa shape index (κ1) is 58.2. The van der Waals surface area contributed by atoms with Crippen molar-refractivity contribution in [1.29, 1.82) is 0 Å². The highest BCUT2D eigenvalue weighted by Crippen LogP contribution is 2.15. The number of aliphatic carboxylic acids is 3. The van der Waals surface area contributed by atoms with E-state index in [2.05, 4.69) is 27.8 Å². The van der Waals surface area contributed by atoms with Gasteiger partial charge in [-0.3, -0.25) is 24.0 Å². The summed E-state index contributed by atoms with van der Waals surface area (Å²) >= 11 is 0. The number of rotatable bonds is 47. The fraction of sp³-hybridized carbons (Fsp3) is 0.822. The molecule has 0 aromatic rings. The predicted molar refractivity (Wildman–Crippen MR) is 237 cm³/mol. The zero-order valence-electron chi connectivity index (χ0n) is 37.8. The predicted octanol–water partition coefficient (Wildman–Crippen LogP) is 5.74. The van der Waals surface area contributed by atoms with Crippen LogP contribution in [-0.2, 0) is 47.7 Å². The van der Waals surface area contributed by atoms with Crippen LogP contribution in [0, 0.1) is 5.92 Å². The van der Waals surface area contributed by atoms with E-state index in [1.165, 1.54) is 57.8 Å². The van der Waals surface area contributed by atoms with Gasteiger partial charge in [-0.1, -0.05) is 110 Å². The number of ether oxygens (including phenoxy) is 4. The molecule has 0 aliphatic carbocycles. The van der Waals surface area contributed by atoms with E-state index in [1.807, 2.05) is 0 Å². The maximum Gasteiger partial charge on any atom is 0.326 e. The maximum absolute atomic E-state index is 12.4. The van der Waals surface area contributed by atoms with Gasteiger partial charge in [-0.05, 0) is 38.5 Å². The van der Waals surface area contributed by atoms with Gasteiger partial charge in [-0.15, -0.1) is 0 Å². The SMILES string of the molecule is C=C(CC[C@H](NC(=O)CCCCCCCCCCCCCCCCCCC(=O)O)C(=O)O)NCCOCCOCC(=O)NCCOCCOCC(=O)NCCCCC(C)C(=O)O. The van der Waals surface area contributed by atoms with Crippen LogP contribution < -0.4 is 21.3 Å². The second kappa shape index (κ2) is 42.5. The quantitative estimate of drug-likeness (QED) is 0.0361. The molecule has 0 heterocycles. The van der Waals surface area contributed by atoms with Gasteiger partial charge in [0.1, 0.15) is 19.3 Å². The number of carbonyl (C=O) groups is 6. The molecule has 0 saturated heterocycles. The summed E-state index contributed by atoms with van der Waals surface area (Å²) in [7, 11) is 0. The van der Waals surface area contributed by atoms with Gasteiger partial charge < -0.3 is 55.5 Å². The van der Waals surface area contributed by atoms with Crippen molar-refractivity contribution in [2.24, 2.45) is 5.92 Å². The first-order chi connectivity index (χ1) is 29.9. The normalized spacial score (nSPS) is 12.0. The highest BCUT2D eigenvalue weighted by molar-refractivity contribution is 5.83. The Morgan fingerprint density at radius 3 is 1.35 bits per heavy atom. The van der Waals surface area contributed by atoms with Crippen LogP contribution in [0.1, 0.15) is 155 Å². The van der Waals surface area contributed by atoms with Crippen molar-refractivity contribution >= 4 is 35.6 Å². The molecule has 0 aliphatic rings. The molecule has 2 atom stereocenters. The molecule has 0 aromatic heterocycles. The molecule has 17 nitrogen and oxygen atoms in total. The van der Waals surface area contributed by atoms with Gasteiger partial charge in [0.2, 0.25) is 17.7 Å². The summed E-state index contributed by atoms with van der Waals surface area (Å²) in [6.45, 7) is 8.23. The number of carboxylic acids is 3. The Morgan fingerprint density at radius 2 is 0.887 bits per heavy atom. The van der Waals surface area contributed by atoms with Crippen LogP contribution in [0.4, 0.5) is 0 Å². The summed E-state index contributed by atoms with van der Waals surface area (Å²) in [5.74, 6) is -3.76. The first-order valence-corrected chi connectivity index (χ1v) is 23.1. The van der Waals surface area contributed by atoms with Crippen LogP contribution in [0.15, 0.2) is 12.3 Å². The second-order valence-corrected chi connectivity index (χ2v) is 15.8. The van der Waals surface area contributed by atoms with E-state index in [0.29, 0.717) is 57.6 Å². The van der Waals surface area contributed by atoms with Crippen molar-refractivity contribution in [3.05, 3.63) is 12.3 Å². The third-order valence-electron chi connectivity index (χ3n) is 10.1. The second-order valence-electron chi connectivity index (χ2n) is 15.8. The lowest BCUT2D eigenvalue weighted by Gasteiger charge is -2.16. The van der Waals surface area contributed by atoms with E-state index in [1.54, 1.807) is 6.92 Å². The molecule has 0 aromatic carbocycles. The minimum Gasteiger partial charge on any atom is -0.481 e. The third kappa shape index (κ3) is 41.5.